The molecule has 11 heteroatoms. The summed E-state index contributed by atoms with van der Waals surface area (Å²) in [5.41, 5.74) is 3.31. The number of urea groups is 1. The summed E-state index contributed by atoms with van der Waals surface area (Å²) in [7, 11) is 0. The molecule has 1 atom stereocenters. The number of rotatable bonds is 5. The number of nitrogens with zero attached hydrogens (tertiary/aromatic N) is 3. The Morgan fingerprint density at radius 1 is 1.12 bits per heavy atom. The zero-order chi connectivity index (χ0) is 23.8. The van der Waals surface area contributed by atoms with Crippen LogP contribution in [-0.2, 0) is 16.1 Å². The van der Waals surface area contributed by atoms with Crippen LogP contribution < -0.4 is 21.7 Å². The van der Waals surface area contributed by atoms with Crippen molar-refractivity contribution < 1.29 is 19.2 Å². The van der Waals surface area contributed by atoms with Gasteiger partial charge in [-0.3, -0.25) is 30.0 Å². The van der Waals surface area contributed by atoms with Crippen LogP contribution in [-0.4, -0.2) is 50.0 Å². The molecular weight excluding hydrogens is 428 g/mol. The molecule has 0 bridgehead atoms. The van der Waals surface area contributed by atoms with E-state index < -0.39 is 35.3 Å². The second kappa shape index (κ2) is 8.64. The third kappa shape index (κ3) is 3.83. The molecule has 1 unspecified atom stereocenters. The van der Waals surface area contributed by atoms with Gasteiger partial charge in [0.15, 0.2) is 5.69 Å². The lowest BCUT2D eigenvalue weighted by Gasteiger charge is -2.23. The third-order valence-electron chi connectivity index (χ3n) is 6.23. The van der Waals surface area contributed by atoms with E-state index in [0.29, 0.717) is 36.6 Å². The fourth-order valence-electron chi connectivity index (χ4n) is 4.48. The third-order valence-corrected chi connectivity index (χ3v) is 6.23. The Hall–Kier alpha value is -3.76. The van der Waals surface area contributed by atoms with Crippen molar-refractivity contribution in [3.8, 4) is 0 Å². The van der Waals surface area contributed by atoms with Crippen LogP contribution in [0.4, 0.5) is 4.79 Å². The number of nitrogens with one attached hydrogen (secondary N) is 3. The molecule has 4 rings (SSSR count). The quantitative estimate of drug-likeness (QED) is 0.451. The topological polar surface area (TPSA) is 142 Å². The van der Waals surface area contributed by atoms with Crippen LogP contribution in [0.1, 0.15) is 56.4 Å². The fraction of sp³-hybridized carbons (Fsp3) is 0.455. The molecule has 11 nitrogen and oxygen atoms in total. The van der Waals surface area contributed by atoms with E-state index in [9.17, 15) is 24.0 Å². The van der Waals surface area contributed by atoms with Crippen molar-refractivity contribution in [2.75, 3.05) is 0 Å². The van der Waals surface area contributed by atoms with Crippen LogP contribution >= 0.6 is 0 Å². The van der Waals surface area contributed by atoms with Crippen LogP contribution in [0.3, 0.4) is 0 Å². The summed E-state index contributed by atoms with van der Waals surface area (Å²) in [6.45, 7) is 3.64. The number of hydrogen-bond acceptors (Lipinski definition) is 6. The van der Waals surface area contributed by atoms with Gasteiger partial charge in [0.1, 0.15) is 11.6 Å². The molecule has 1 saturated heterocycles. The van der Waals surface area contributed by atoms with Crippen molar-refractivity contribution in [3.05, 3.63) is 40.3 Å². The lowest BCUT2D eigenvalue weighted by atomic mass is 9.97. The minimum atomic E-state index is -1.13. The van der Waals surface area contributed by atoms with Gasteiger partial charge in [-0.05, 0) is 32.3 Å². The SMILES string of the molecule is CCCn1nc(C(=O)NNC(=O)C(C)N2C(=O)NC3(CCCC3)C2=O)c2ccccc2c1=O. The maximum Gasteiger partial charge on any atom is 0.325 e. The van der Waals surface area contributed by atoms with E-state index in [-0.39, 0.29) is 11.3 Å². The number of aromatic nitrogens is 2. The molecule has 1 aromatic carbocycles. The van der Waals surface area contributed by atoms with Crippen LogP contribution in [0.2, 0.25) is 0 Å². The van der Waals surface area contributed by atoms with E-state index in [4.69, 9.17) is 0 Å². The standard InChI is InChI=1S/C22H26N6O5/c1-3-12-27-19(31)15-9-5-4-8-14(15)16(26-27)18(30)25-24-17(29)13(2)28-20(32)22(23-21(28)33)10-6-7-11-22/h4-5,8-9,13H,3,6-7,10-12H2,1-2H3,(H,23,33)(H,24,29)(H,25,30). The van der Waals surface area contributed by atoms with E-state index in [0.717, 1.165) is 17.7 Å². The van der Waals surface area contributed by atoms with Gasteiger partial charge in [0, 0.05) is 11.9 Å². The molecule has 1 saturated carbocycles. The number of amides is 5. The predicted octanol–water partition coefficient (Wildman–Crippen LogP) is 0.821. The smallest absolute Gasteiger partial charge is 0.323 e. The molecule has 1 aliphatic carbocycles. The number of aryl methyl sites for hydroxylation is 1. The second-order valence-corrected chi connectivity index (χ2v) is 8.44. The first-order chi connectivity index (χ1) is 15.8. The first-order valence-electron chi connectivity index (χ1n) is 11.0. The molecular formula is C22H26N6O5. The van der Waals surface area contributed by atoms with Gasteiger partial charge < -0.3 is 5.32 Å². The first kappa shape index (κ1) is 22.4. The van der Waals surface area contributed by atoms with Crippen LogP contribution in [0.25, 0.3) is 10.8 Å². The summed E-state index contributed by atoms with van der Waals surface area (Å²) in [4.78, 5) is 64.3. The van der Waals surface area contributed by atoms with Gasteiger partial charge in [-0.1, -0.05) is 38.0 Å². The normalized spacial score (nSPS) is 17.9. The zero-order valence-electron chi connectivity index (χ0n) is 18.5. The average Bonchev–Trinajstić information content (AvgIpc) is 3.37. The van der Waals surface area contributed by atoms with Crippen molar-refractivity contribution in [1.29, 1.82) is 0 Å². The zero-order valence-corrected chi connectivity index (χ0v) is 18.5. The molecule has 2 fully saturated rings. The molecule has 3 N–H and O–H groups in total. The van der Waals surface area contributed by atoms with Crippen LogP contribution in [0, 0.1) is 0 Å². The van der Waals surface area contributed by atoms with Crippen molar-refractivity contribution in [2.24, 2.45) is 0 Å². The molecule has 2 aliphatic rings. The second-order valence-electron chi connectivity index (χ2n) is 8.44. The molecule has 1 aromatic heterocycles. The number of benzene rings is 1. The van der Waals surface area contributed by atoms with Crippen molar-refractivity contribution in [3.63, 3.8) is 0 Å². The lowest BCUT2D eigenvalue weighted by molar-refractivity contribution is -0.138. The minimum Gasteiger partial charge on any atom is -0.323 e. The highest BCUT2D eigenvalue weighted by Crippen LogP contribution is 2.35. The number of imide groups is 1. The maximum atomic E-state index is 12.9. The van der Waals surface area contributed by atoms with E-state index in [1.165, 1.54) is 11.6 Å². The molecule has 5 amide bonds. The summed E-state index contributed by atoms with van der Waals surface area (Å²) in [5.74, 6) is -1.87. The Morgan fingerprint density at radius 2 is 1.79 bits per heavy atom. The summed E-state index contributed by atoms with van der Waals surface area (Å²) in [6.07, 6.45) is 3.40. The predicted molar refractivity (Wildman–Crippen MR) is 118 cm³/mol. The Labute approximate surface area is 189 Å². The highest BCUT2D eigenvalue weighted by molar-refractivity contribution is 6.10. The summed E-state index contributed by atoms with van der Waals surface area (Å²) < 4.78 is 1.22. The van der Waals surface area contributed by atoms with Crippen LogP contribution in [0.5, 0.6) is 0 Å². The summed E-state index contributed by atoms with van der Waals surface area (Å²) in [5, 5.41) is 7.60. The highest BCUT2D eigenvalue weighted by Gasteiger charge is 2.54. The first-order valence-corrected chi connectivity index (χ1v) is 11.0. The van der Waals surface area contributed by atoms with Gasteiger partial charge in [0.2, 0.25) is 0 Å². The molecule has 2 heterocycles. The van der Waals surface area contributed by atoms with Gasteiger partial charge in [0.05, 0.1) is 5.39 Å². The molecule has 1 spiro atoms. The Kier molecular flexibility index (Phi) is 5.88. The van der Waals surface area contributed by atoms with Gasteiger partial charge >= 0.3 is 6.03 Å². The molecule has 174 valence electrons. The largest absolute Gasteiger partial charge is 0.325 e. The fourth-order valence-corrected chi connectivity index (χ4v) is 4.48. The van der Waals surface area contributed by atoms with E-state index in [1.807, 2.05) is 6.92 Å². The Morgan fingerprint density at radius 3 is 2.45 bits per heavy atom. The van der Waals surface area contributed by atoms with E-state index in [1.54, 1.807) is 24.3 Å². The monoisotopic (exact) mass is 454 g/mol. The van der Waals surface area contributed by atoms with Gasteiger partial charge in [-0.15, -0.1) is 0 Å². The molecule has 0 radical (unpaired) electrons. The Balaban J connectivity index is 1.50. The minimum absolute atomic E-state index is 0.0218. The van der Waals surface area contributed by atoms with Gasteiger partial charge in [0.25, 0.3) is 23.3 Å². The molecule has 2 aromatic rings. The van der Waals surface area contributed by atoms with E-state index in [2.05, 4.69) is 21.3 Å². The number of hydrazine groups is 1. The van der Waals surface area contributed by atoms with Crippen molar-refractivity contribution >= 4 is 34.5 Å². The maximum absolute atomic E-state index is 12.9. The number of hydrogen-bond donors (Lipinski definition) is 3. The average molecular weight is 454 g/mol. The molecule has 33 heavy (non-hydrogen) atoms. The van der Waals surface area contributed by atoms with Gasteiger partial charge in [-0.2, -0.15) is 5.10 Å². The van der Waals surface area contributed by atoms with Gasteiger partial charge in [-0.25, -0.2) is 14.4 Å². The van der Waals surface area contributed by atoms with E-state index >= 15 is 0 Å². The van der Waals surface area contributed by atoms with Crippen molar-refractivity contribution in [1.82, 2.24) is 30.8 Å². The molecule has 1 aliphatic heterocycles. The summed E-state index contributed by atoms with van der Waals surface area (Å²) >= 11 is 0. The lowest BCUT2D eigenvalue weighted by Crippen LogP contribution is -2.53. The number of fused-ring (bicyclic) bond motifs is 1. The number of carbonyl (C=O) groups is 4. The number of carbonyl (C=O) groups excluding carboxylic acids is 4. The Bertz CT molecular complexity index is 1200. The summed E-state index contributed by atoms with van der Waals surface area (Å²) in [6, 6.07) is 4.85. The van der Waals surface area contributed by atoms with Crippen molar-refractivity contribution in [2.45, 2.75) is 64.1 Å². The highest BCUT2D eigenvalue weighted by atomic mass is 16.2. The van der Waals surface area contributed by atoms with Crippen LogP contribution in [0.15, 0.2) is 29.1 Å².